The minimum Gasteiger partial charge on any atom is -0.389 e. The van der Waals surface area contributed by atoms with Gasteiger partial charge in [-0.25, -0.2) is 4.98 Å². The fraction of sp³-hybridized carbons (Fsp3) is 0.250. The molecule has 7 heteroatoms. The van der Waals surface area contributed by atoms with Crippen LogP contribution in [0.4, 0.5) is 11.4 Å². The van der Waals surface area contributed by atoms with E-state index in [1.165, 1.54) is 0 Å². The Balaban J connectivity index is 1.62. The van der Waals surface area contributed by atoms with E-state index in [2.05, 4.69) is 15.3 Å². The number of aliphatic hydroxyl groups is 1. The first-order valence-electron chi connectivity index (χ1n) is 7.30. The van der Waals surface area contributed by atoms with Crippen molar-refractivity contribution >= 4 is 32.9 Å². The van der Waals surface area contributed by atoms with Gasteiger partial charge in [-0.05, 0) is 31.2 Å². The van der Waals surface area contributed by atoms with Crippen LogP contribution >= 0.6 is 11.3 Å². The Kier molecular flexibility index (Phi) is 4.71. The summed E-state index contributed by atoms with van der Waals surface area (Å²) in [6.07, 6.45) is 2.48. The Bertz CT molecular complexity index is 790. The third-order valence-corrected chi connectivity index (χ3v) is 4.34. The molecule has 0 bridgehead atoms. The fourth-order valence-corrected chi connectivity index (χ4v) is 3.07. The maximum Gasteiger partial charge on any atom is 0.0875 e. The summed E-state index contributed by atoms with van der Waals surface area (Å²) in [6, 6.07) is 7.68. The third kappa shape index (κ3) is 3.58. The summed E-state index contributed by atoms with van der Waals surface area (Å²) < 4.78 is 1.12. The van der Waals surface area contributed by atoms with Gasteiger partial charge in [-0.1, -0.05) is 0 Å². The predicted molar refractivity (Wildman–Crippen MR) is 92.1 cm³/mol. The van der Waals surface area contributed by atoms with Crippen molar-refractivity contribution in [3.05, 3.63) is 47.7 Å². The van der Waals surface area contributed by atoms with Crippen LogP contribution in [-0.2, 0) is 0 Å². The Morgan fingerprint density at radius 3 is 3.04 bits per heavy atom. The van der Waals surface area contributed by atoms with Crippen molar-refractivity contribution in [2.24, 2.45) is 0 Å². The molecule has 0 fully saturated rings. The van der Waals surface area contributed by atoms with Crippen molar-refractivity contribution in [3.8, 4) is 0 Å². The normalized spacial score (nSPS) is 12.3. The van der Waals surface area contributed by atoms with Crippen LogP contribution in [0.3, 0.4) is 0 Å². The van der Waals surface area contributed by atoms with E-state index >= 15 is 0 Å². The first kappa shape index (κ1) is 15.7. The summed E-state index contributed by atoms with van der Waals surface area (Å²) in [7, 11) is 0. The van der Waals surface area contributed by atoms with Crippen LogP contribution in [0.1, 0.15) is 18.6 Å². The van der Waals surface area contributed by atoms with Crippen molar-refractivity contribution in [2.45, 2.75) is 13.0 Å². The summed E-state index contributed by atoms with van der Waals surface area (Å²) in [6.45, 7) is 2.58. The average molecular weight is 330 g/mol. The summed E-state index contributed by atoms with van der Waals surface area (Å²) >= 11 is 1.60. The van der Waals surface area contributed by atoms with Gasteiger partial charge in [-0.15, -0.1) is 11.3 Å². The van der Waals surface area contributed by atoms with Crippen LogP contribution in [-0.4, -0.2) is 33.4 Å². The fourth-order valence-electron chi connectivity index (χ4n) is 2.36. The number of rotatable bonds is 6. The van der Waals surface area contributed by atoms with Gasteiger partial charge in [0.2, 0.25) is 0 Å². The van der Waals surface area contributed by atoms with Crippen LogP contribution in [0.2, 0.25) is 0 Å². The number of hydroxylamine groups is 1. The number of thiazole rings is 1. The van der Waals surface area contributed by atoms with Gasteiger partial charge in [0.1, 0.15) is 0 Å². The maximum atomic E-state index is 10.2. The number of pyridine rings is 1. The Labute approximate surface area is 138 Å². The lowest BCUT2D eigenvalue weighted by atomic mass is 10.1. The van der Waals surface area contributed by atoms with E-state index in [4.69, 9.17) is 0 Å². The molecule has 0 amide bonds. The van der Waals surface area contributed by atoms with Gasteiger partial charge in [0.25, 0.3) is 0 Å². The van der Waals surface area contributed by atoms with E-state index < -0.39 is 6.10 Å². The lowest BCUT2D eigenvalue weighted by Crippen LogP contribution is -2.26. The molecule has 0 aliphatic carbocycles. The third-order valence-electron chi connectivity index (χ3n) is 3.54. The zero-order valence-electron chi connectivity index (χ0n) is 12.7. The van der Waals surface area contributed by atoms with Gasteiger partial charge < -0.3 is 10.4 Å². The molecule has 3 N–H and O–H groups in total. The van der Waals surface area contributed by atoms with Gasteiger partial charge in [-0.2, -0.15) is 0 Å². The standard InChI is InChI=1S/C16H18N4O2S/c1-11(21)13-4-5-17-9-15(13)20(22)7-6-18-12-2-3-14-16(8-12)23-10-19-14/h2-5,8-11,18,21-22H,6-7H2,1H3. The van der Waals surface area contributed by atoms with E-state index in [0.717, 1.165) is 21.0 Å². The van der Waals surface area contributed by atoms with Crippen molar-refractivity contribution in [1.82, 2.24) is 9.97 Å². The number of nitrogens with one attached hydrogen (secondary N) is 1. The van der Waals surface area contributed by atoms with Gasteiger partial charge in [0.15, 0.2) is 0 Å². The Morgan fingerprint density at radius 2 is 2.22 bits per heavy atom. The van der Waals surface area contributed by atoms with Gasteiger partial charge in [0, 0.05) is 24.0 Å². The minimum absolute atomic E-state index is 0.367. The molecule has 2 heterocycles. The SMILES string of the molecule is CC(O)c1ccncc1N(O)CCNc1ccc2ncsc2c1. The molecule has 0 radical (unpaired) electrons. The molecule has 3 aromatic rings. The quantitative estimate of drug-likeness (QED) is 0.603. The van der Waals surface area contributed by atoms with E-state index in [1.807, 2.05) is 23.7 Å². The molecule has 1 aromatic carbocycles. The lowest BCUT2D eigenvalue weighted by molar-refractivity contribution is 0.194. The predicted octanol–water partition coefficient (Wildman–Crippen LogP) is 3.05. The molecule has 0 spiro atoms. The van der Waals surface area contributed by atoms with Crippen LogP contribution in [0.5, 0.6) is 0 Å². The van der Waals surface area contributed by atoms with Gasteiger partial charge in [0.05, 0.1) is 40.3 Å². The van der Waals surface area contributed by atoms with Crippen LogP contribution < -0.4 is 10.4 Å². The second-order valence-corrected chi connectivity index (χ2v) is 6.08. The highest BCUT2D eigenvalue weighted by atomic mass is 32.1. The van der Waals surface area contributed by atoms with Crippen LogP contribution in [0.15, 0.2) is 42.2 Å². The van der Waals surface area contributed by atoms with Gasteiger partial charge in [-0.3, -0.25) is 15.3 Å². The molecule has 120 valence electrons. The molecular weight excluding hydrogens is 312 g/mol. The average Bonchev–Trinajstić information content (AvgIpc) is 3.02. The zero-order chi connectivity index (χ0) is 16.2. The Hall–Kier alpha value is -2.22. The Morgan fingerprint density at radius 1 is 1.35 bits per heavy atom. The van der Waals surface area contributed by atoms with Crippen molar-refractivity contribution in [1.29, 1.82) is 0 Å². The first-order chi connectivity index (χ1) is 11.1. The molecule has 2 aromatic heterocycles. The smallest absolute Gasteiger partial charge is 0.0875 e. The highest BCUT2D eigenvalue weighted by Crippen LogP contribution is 2.24. The molecule has 6 nitrogen and oxygen atoms in total. The number of anilines is 2. The number of aliphatic hydroxyl groups excluding tert-OH is 1. The number of benzene rings is 1. The molecule has 0 saturated carbocycles. The monoisotopic (exact) mass is 330 g/mol. The van der Waals surface area contributed by atoms with Crippen molar-refractivity contribution in [2.75, 3.05) is 23.5 Å². The minimum atomic E-state index is -0.663. The van der Waals surface area contributed by atoms with Gasteiger partial charge >= 0.3 is 0 Å². The van der Waals surface area contributed by atoms with E-state index in [1.54, 1.807) is 36.7 Å². The molecule has 0 saturated heterocycles. The van der Waals surface area contributed by atoms with Crippen LogP contribution in [0, 0.1) is 0 Å². The molecule has 23 heavy (non-hydrogen) atoms. The molecule has 3 rings (SSSR count). The second-order valence-electron chi connectivity index (χ2n) is 5.20. The zero-order valence-corrected chi connectivity index (χ0v) is 13.5. The summed E-state index contributed by atoms with van der Waals surface area (Å²) in [5.41, 5.74) is 4.96. The largest absolute Gasteiger partial charge is 0.389 e. The first-order valence-corrected chi connectivity index (χ1v) is 8.18. The molecular formula is C16H18N4O2S. The maximum absolute atomic E-state index is 10.2. The summed E-state index contributed by atoms with van der Waals surface area (Å²) in [5, 5.41) is 24.3. The summed E-state index contributed by atoms with van der Waals surface area (Å²) in [4.78, 5) is 8.25. The van der Waals surface area contributed by atoms with E-state index in [9.17, 15) is 10.3 Å². The van der Waals surface area contributed by atoms with Crippen LogP contribution in [0.25, 0.3) is 10.2 Å². The molecule has 0 aliphatic rings. The van der Waals surface area contributed by atoms with E-state index in [0.29, 0.717) is 24.3 Å². The number of fused-ring (bicyclic) bond motifs is 1. The lowest BCUT2D eigenvalue weighted by Gasteiger charge is -2.21. The second kappa shape index (κ2) is 6.91. The summed E-state index contributed by atoms with van der Waals surface area (Å²) in [5.74, 6) is 0. The highest BCUT2D eigenvalue weighted by Gasteiger charge is 2.12. The van der Waals surface area contributed by atoms with E-state index in [-0.39, 0.29) is 0 Å². The van der Waals surface area contributed by atoms with Crippen molar-refractivity contribution < 1.29 is 10.3 Å². The number of hydrogen-bond donors (Lipinski definition) is 3. The number of hydrogen-bond acceptors (Lipinski definition) is 7. The number of nitrogens with zero attached hydrogens (tertiary/aromatic N) is 3. The topological polar surface area (TPSA) is 81.5 Å². The van der Waals surface area contributed by atoms with Crippen molar-refractivity contribution in [3.63, 3.8) is 0 Å². The highest BCUT2D eigenvalue weighted by molar-refractivity contribution is 7.16. The molecule has 0 aliphatic heterocycles. The molecule has 1 atom stereocenters. The number of aromatic nitrogens is 2. The molecule has 1 unspecified atom stereocenters.